The van der Waals surface area contributed by atoms with Crippen molar-refractivity contribution in [1.82, 2.24) is 10.3 Å². The number of aryl methyl sites for hydroxylation is 1. The Morgan fingerprint density at radius 2 is 2.00 bits per heavy atom. The molecule has 2 N–H and O–H groups in total. The van der Waals surface area contributed by atoms with Crippen molar-refractivity contribution in [1.29, 1.82) is 0 Å². The molecule has 22 heavy (non-hydrogen) atoms. The summed E-state index contributed by atoms with van der Waals surface area (Å²) in [5, 5.41) is 13.5. The van der Waals surface area contributed by atoms with Gasteiger partial charge in [-0.05, 0) is 20.8 Å². The zero-order chi connectivity index (χ0) is 15.9. The van der Waals surface area contributed by atoms with Crippen LogP contribution < -0.4 is 5.32 Å². The predicted octanol–water partition coefficient (Wildman–Crippen LogP) is 3.69. The Morgan fingerprint density at radius 3 is 2.59 bits per heavy atom. The van der Waals surface area contributed by atoms with Crippen LogP contribution >= 0.6 is 23.1 Å². The van der Waals surface area contributed by atoms with Crippen molar-refractivity contribution in [2.45, 2.75) is 36.9 Å². The molecule has 1 aromatic heterocycles. The van der Waals surface area contributed by atoms with Crippen LogP contribution in [0.15, 0.2) is 30.5 Å². The number of carboxylic acids is 1. The number of aliphatic carboxylic acids is 1. The maximum absolute atomic E-state index is 11.4. The lowest BCUT2D eigenvalue weighted by molar-refractivity contribution is -0.139. The van der Waals surface area contributed by atoms with Crippen LogP contribution in [0.25, 0.3) is 10.6 Å². The van der Waals surface area contributed by atoms with Crippen LogP contribution in [0.2, 0.25) is 0 Å². The Morgan fingerprint density at radius 1 is 1.32 bits per heavy atom. The van der Waals surface area contributed by atoms with E-state index in [4.69, 9.17) is 0 Å². The molecule has 0 saturated carbocycles. The lowest BCUT2D eigenvalue weighted by atomic mass is 10.0. The highest BCUT2D eigenvalue weighted by Gasteiger charge is 2.46. The fourth-order valence-electron chi connectivity index (χ4n) is 2.50. The van der Waals surface area contributed by atoms with Crippen LogP contribution in [0.3, 0.4) is 0 Å². The highest BCUT2D eigenvalue weighted by atomic mass is 32.2. The zero-order valence-corrected chi connectivity index (χ0v) is 14.3. The van der Waals surface area contributed by atoms with E-state index in [0.29, 0.717) is 0 Å². The standard InChI is InChI=1S/C16H18N2O2S2/c1-9-4-6-10(7-5-9)13-17-8-11(21-13)14-18-12(15(19)20)16(2,3)22-14/h4-8,12,14,18H,1-3H3,(H,19,20). The molecule has 2 atom stereocenters. The first-order chi connectivity index (χ1) is 10.4. The van der Waals surface area contributed by atoms with Crippen molar-refractivity contribution in [3.05, 3.63) is 40.9 Å². The summed E-state index contributed by atoms with van der Waals surface area (Å²) in [6, 6.07) is 7.73. The van der Waals surface area contributed by atoms with E-state index in [1.807, 2.05) is 20.0 Å². The molecule has 3 rings (SSSR count). The number of thiazole rings is 1. The Balaban J connectivity index is 1.83. The number of thioether (sulfide) groups is 1. The van der Waals surface area contributed by atoms with Crippen molar-refractivity contribution >= 4 is 29.1 Å². The first kappa shape index (κ1) is 15.5. The first-order valence-corrected chi connectivity index (χ1v) is 8.76. The first-order valence-electron chi connectivity index (χ1n) is 7.06. The molecule has 1 saturated heterocycles. The van der Waals surface area contributed by atoms with Gasteiger partial charge in [0.25, 0.3) is 0 Å². The largest absolute Gasteiger partial charge is 0.480 e. The number of nitrogens with zero attached hydrogens (tertiary/aromatic N) is 1. The lowest BCUT2D eigenvalue weighted by Gasteiger charge is -2.20. The van der Waals surface area contributed by atoms with Crippen molar-refractivity contribution in [3.63, 3.8) is 0 Å². The third-order valence-electron chi connectivity index (χ3n) is 3.76. The van der Waals surface area contributed by atoms with Gasteiger partial charge >= 0.3 is 5.97 Å². The van der Waals surface area contributed by atoms with Gasteiger partial charge in [0.1, 0.15) is 11.0 Å². The molecule has 6 heteroatoms. The predicted molar refractivity (Wildman–Crippen MR) is 91.3 cm³/mol. The summed E-state index contributed by atoms with van der Waals surface area (Å²) in [7, 11) is 0. The van der Waals surface area contributed by atoms with Crippen molar-refractivity contribution < 1.29 is 9.90 Å². The van der Waals surface area contributed by atoms with Gasteiger partial charge in [0.15, 0.2) is 0 Å². The summed E-state index contributed by atoms with van der Waals surface area (Å²) in [6.45, 7) is 5.99. The molecule has 0 aliphatic carbocycles. The molecule has 4 nitrogen and oxygen atoms in total. The van der Waals surface area contributed by atoms with Crippen molar-refractivity contribution in [2.75, 3.05) is 0 Å². The topological polar surface area (TPSA) is 62.2 Å². The summed E-state index contributed by atoms with van der Waals surface area (Å²) >= 11 is 3.26. The number of rotatable bonds is 3. The molecule has 1 aliphatic rings. The molecule has 2 heterocycles. The minimum absolute atomic E-state index is 0.0206. The molecule has 1 aromatic carbocycles. The second kappa shape index (κ2) is 5.68. The molecule has 116 valence electrons. The van der Waals surface area contributed by atoms with Crippen LogP contribution in [-0.4, -0.2) is 26.8 Å². The Hall–Kier alpha value is -1.37. The Labute approximate surface area is 138 Å². The van der Waals surface area contributed by atoms with E-state index in [1.165, 1.54) is 5.56 Å². The van der Waals surface area contributed by atoms with Gasteiger partial charge in [0, 0.05) is 16.5 Å². The lowest BCUT2D eigenvalue weighted by Crippen LogP contribution is -2.43. The van der Waals surface area contributed by atoms with Gasteiger partial charge in [0.05, 0.1) is 10.3 Å². The van der Waals surface area contributed by atoms with E-state index in [1.54, 1.807) is 23.1 Å². The van der Waals surface area contributed by atoms with Gasteiger partial charge in [-0.2, -0.15) is 0 Å². The molecular weight excluding hydrogens is 316 g/mol. The minimum atomic E-state index is -0.803. The number of carboxylic acid groups (broad SMARTS) is 1. The SMILES string of the molecule is Cc1ccc(-c2ncc(C3NC(C(=O)O)C(C)(C)S3)s2)cc1. The quantitative estimate of drug-likeness (QED) is 0.896. The maximum atomic E-state index is 11.4. The molecule has 1 fully saturated rings. The number of nitrogens with one attached hydrogen (secondary N) is 1. The second-order valence-electron chi connectivity index (χ2n) is 5.97. The van der Waals surface area contributed by atoms with E-state index in [-0.39, 0.29) is 10.1 Å². The zero-order valence-electron chi connectivity index (χ0n) is 12.7. The van der Waals surface area contributed by atoms with Crippen LogP contribution in [0.4, 0.5) is 0 Å². The molecule has 0 bridgehead atoms. The summed E-state index contributed by atoms with van der Waals surface area (Å²) in [6.07, 6.45) is 1.85. The Bertz CT molecular complexity index is 694. The summed E-state index contributed by atoms with van der Waals surface area (Å²) in [5.41, 5.74) is 2.32. The second-order valence-corrected chi connectivity index (χ2v) is 8.79. The van der Waals surface area contributed by atoms with E-state index in [0.717, 1.165) is 15.4 Å². The van der Waals surface area contributed by atoms with E-state index < -0.39 is 12.0 Å². The van der Waals surface area contributed by atoms with E-state index >= 15 is 0 Å². The highest BCUT2D eigenvalue weighted by Crippen LogP contribution is 2.47. The number of benzene rings is 1. The number of hydrogen-bond donors (Lipinski definition) is 2. The van der Waals surface area contributed by atoms with Gasteiger partial charge < -0.3 is 5.11 Å². The summed E-state index contributed by atoms with van der Waals surface area (Å²) in [4.78, 5) is 16.9. The minimum Gasteiger partial charge on any atom is -0.480 e. The highest BCUT2D eigenvalue weighted by molar-refractivity contribution is 8.01. The van der Waals surface area contributed by atoms with Gasteiger partial charge in [-0.1, -0.05) is 29.8 Å². The Kier molecular flexibility index (Phi) is 4.01. The summed E-state index contributed by atoms with van der Waals surface area (Å²) in [5.74, 6) is -0.803. The molecule has 0 amide bonds. The molecule has 2 unspecified atom stereocenters. The fraction of sp³-hybridized carbons (Fsp3) is 0.375. The van der Waals surface area contributed by atoms with Gasteiger partial charge in [0.2, 0.25) is 0 Å². The fourth-order valence-corrected chi connectivity index (χ4v) is 4.95. The average Bonchev–Trinajstić information content (AvgIpc) is 3.03. The normalized spacial score (nSPS) is 23.6. The molecular formula is C16H18N2O2S2. The van der Waals surface area contributed by atoms with E-state index in [9.17, 15) is 9.90 Å². The number of carbonyl (C=O) groups is 1. The number of hydrogen-bond acceptors (Lipinski definition) is 5. The average molecular weight is 334 g/mol. The monoisotopic (exact) mass is 334 g/mol. The third kappa shape index (κ3) is 2.91. The van der Waals surface area contributed by atoms with Crippen LogP contribution in [0.1, 0.15) is 29.7 Å². The molecule has 2 aromatic rings. The van der Waals surface area contributed by atoms with Gasteiger partial charge in [-0.15, -0.1) is 23.1 Å². The third-order valence-corrected chi connectivity index (χ3v) is 6.49. The van der Waals surface area contributed by atoms with Crippen LogP contribution in [-0.2, 0) is 4.79 Å². The van der Waals surface area contributed by atoms with Crippen LogP contribution in [0, 0.1) is 6.92 Å². The van der Waals surface area contributed by atoms with Crippen molar-refractivity contribution in [3.8, 4) is 10.6 Å². The molecule has 0 spiro atoms. The van der Waals surface area contributed by atoms with Gasteiger partial charge in [-0.25, -0.2) is 4.98 Å². The smallest absolute Gasteiger partial charge is 0.322 e. The summed E-state index contributed by atoms with van der Waals surface area (Å²) < 4.78 is -0.343. The maximum Gasteiger partial charge on any atom is 0.322 e. The van der Waals surface area contributed by atoms with Crippen molar-refractivity contribution in [2.24, 2.45) is 0 Å². The molecule has 0 radical (unpaired) electrons. The number of aromatic nitrogens is 1. The molecule has 1 aliphatic heterocycles. The van der Waals surface area contributed by atoms with Gasteiger partial charge in [-0.3, -0.25) is 10.1 Å². The van der Waals surface area contributed by atoms with Crippen LogP contribution in [0.5, 0.6) is 0 Å². The van der Waals surface area contributed by atoms with E-state index in [2.05, 4.69) is 41.5 Å².